The second-order valence-electron chi connectivity index (χ2n) is 4.91. The molecular weight excluding hydrogens is 349 g/mol. The largest absolute Gasteiger partial charge is 0.463 e. The van der Waals surface area contributed by atoms with Gasteiger partial charge in [0.2, 0.25) is 6.86 Å². The van der Waals surface area contributed by atoms with Crippen molar-refractivity contribution in [3.8, 4) is 5.75 Å². The zero-order chi connectivity index (χ0) is 18.1. The highest BCUT2D eigenvalue weighted by Crippen LogP contribution is 2.14. The van der Waals surface area contributed by atoms with Gasteiger partial charge in [0.15, 0.2) is 12.1 Å². The number of anilines is 1. The zero-order valence-electron chi connectivity index (χ0n) is 13.6. The van der Waals surface area contributed by atoms with Crippen LogP contribution in [0.1, 0.15) is 5.56 Å². The number of amidine groups is 1. The molecular formula is C17H19ClFN3O3. The number of hydroxylamine groups is 1. The molecule has 0 aliphatic carbocycles. The summed E-state index contributed by atoms with van der Waals surface area (Å²) in [7, 11) is 1.58. The molecule has 2 aromatic carbocycles. The molecule has 0 fully saturated rings. The number of alkyl halides is 1. The smallest absolute Gasteiger partial charge is 0.228 e. The predicted molar refractivity (Wildman–Crippen MR) is 95.7 cm³/mol. The van der Waals surface area contributed by atoms with Crippen LogP contribution >= 0.6 is 11.6 Å². The maximum absolute atomic E-state index is 12.1. The van der Waals surface area contributed by atoms with Gasteiger partial charge in [-0.15, -0.1) is 0 Å². The average molecular weight is 368 g/mol. The van der Waals surface area contributed by atoms with E-state index in [2.05, 4.69) is 15.8 Å². The van der Waals surface area contributed by atoms with Crippen molar-refractivity contribution in [1.82, 2.24) is 5.48 Å². The van der Waals surface area contributed by atoms with E-state index in [1.165, 1.54) is 0 Å². The molecule has 0 aliphatic heterocycles. The Morgan fingerprint density at radius 2 is 1.88 bits per heavy atom. The molecule has 0 aliphatic rings. The molecule has 0 saturated carbocycles. The Morgan fingerprint density at radius 3 is 2.48 bits per heavy atom. The maximum atomic E-state index is 12.1. The molecule has 134 valence electrons. The lowest BCUT2D eigenvalue weighted by atomic mass is 10.2. The third kappa shape index (κ3) is 6.22. The maximum Gasteiger partial charge on any atom is 0.228 e. The number of aliphatic hydroxyl groups is 1. The third-order valence-corrected chi connectivity index (χ3v) is 3.44. The quantitative estimate of drug-likeness (QED) is 0.289. The van der Waals surface area contributed by atoms with Crippen molar-refractivity contribution in [3.63, 3.8) is 0 Å². The van der Waals surface area contributed by atoms with E-state index in [9.17, 15) is 9.50 Å². The van der Waals surface area contributed by atoms with Crippen LogP contribution in [0.15, 0.2) is 53.5 Å². The molecule has 1 atom stereocenters. The standard InChI is InChI=1S/C17H19ClFN3O3/c1-20-17(12-2-8-15(9-3-12)24-11-19)22-25-16(23)10-21-14-6-4-13(18)5-7-14/h2-9,16,21,23H,10-11H2,1H3,(H,20,22). The Hall–Kier alpha value is -2.35. The number of rotatable bonds is 8. The van der Waals surface area contributed by atoms with Gasteiger partial charge in [-0.2, -0.15) is 0 Å². The van der Waals surface area contributed by atoms with Crippen molar-refractivity contribution in [1.29, 1.82) is 0 Å². The molecule has 0 spiro atoms. The summed E-state index contributed by atoms with van der Waals surface area (Å²) in [5, 5.41) is 13.5. The molecule has 8 heteroatoms. The minimum atomic E-state index is -1.11. The molecule has 0 saturated heterocycles. The summed E-state index contributed by atoms with van der Waals surface area (Å²) >= 11 is 5.81. The fourth-order valence-corrected chi connectivity index (χ4v) is 2.07. The van der Waals surface area contributed by atoms with Crippen LogP contribution in [0.3, 0.4) is 0 Å². The summed E-state index contributed by atoms with van der Waals surface area (Å²) in [6, 6.07) is 13.7. The predicted octanol–water partition coefficient (Wildman–Crippen LogP) is 2.97. The lowest BCUT2D eigenvalue weighted by Crippen LogP contribution is -2.34. The van der Waals surface area contributed by atoms with Gasteiger partial charge < -0.3 is 15.2 Å². The van der Waals surface area contributed by atoms with Crippen molar-refractivity contribution >= 4 is 23.1 Å². The van der Waals surface area contributed by atoms with Crippen molar-refractivity contribution in [2.45, 2.75) is 6.29 Å². The normalized spacial score (nSPS) is 12.6. The molecule has 0 radical (unpaired) electrons. The molecule has 0 aromatic heterocycles. The van der Waals surface area contributed by atoms with Gasteiger partial charge in [0.25, 0.3) is 0 Å². The van der Waals surface area contributed by atoms with E-state index in [0.717, 1.165) is 5.69 Å². The number of aliphatic imine (C=N–C) groups is 1. The Labute approximate surface area is 150 Å². The van der Waals surface area contributed by atoms with Gasteiger partial charge in [-0.3, -0.25) is 4.99 Å². The molecule has 0 heterocycles. The number of ether oxygens (including phenoxy) is 1. The van der Waals surface area contributed by atoms with Gasteiger partial charge in [0.05, 0.1) is 6.54 Å². The third-order valence-electron chi connectivity index (χ3n) is 3.19. The summed E-state index contributed by atoms with van der Waals surface area (Å²) in [5.41, 5.74) is 4.11. The Bertz CT molecular complexity index is 681. The van der Waals surface area contributed by atoms with E-state index in [4.69, 9.17) is 21.2 Å². The minimum absolute atomic E-state index is 0.162. The summed E-state index contributed by atoms with van der Waals surface area (Å²) in [4.78, 5) is 9.22. The van der Waals surface area contributed by atoms with Crippen molar-refractivity contribution < 1.29 is 19.1 Å². The van der Waals surface area contributed by atoms with E-state index in [1.807, 2.05) is 0 Å². The van der Waals surface area contributed by atoms with E-state index in [0.29, 0.717) is 22.2 Å². The molecule has 0 amide bonds. The van der Waals surface area contributed by atoms with Gasteiger partial charge in [0, 0.05) is 23.3 Å². The van der Waals surface area contributed by atoms with Crippen LogP contribution < -0.4 is 15.5 Å². The number of nitrogens with one attached hydrogen (secondary N) is 2. The van der Waals surface area contributed by atoms with Crippen molar-refractivity contribution in [2.75, 3.05) is 25.8 Å². The molecule has 2 rings (SSSR count). The van der Waals surface area contributed by atoms with Crippen molar-refractivity contribution in [2.24, 2.45) is 4.99 Å². The molecule has 6 nitrogen and oxygen atoms in total. The van der Waals surface area contributed by atoms with Crippen LogP contribution in [0.5, 0.6) is 5.75 Å². The van der Waals surface area contributed by atoms with Crippen LogP contribution in [0.2, 0.25) is 5.02 Å². The topological polar surface area (TPSA) is 75.1 Å². The van der Waals surface area contributed by atoms with Crippen LogP contribution in [-0.4, -0.2) is 37.7 Å². The Balaban J connectivity index is 1.82. The van der Waals surface area contributed by atoms with Gasteiger partial charge >= 0.3 is 0 Å². The number of hydrogen-bond acceptors (Lipinski definition) is 5. The summed E-state index contributed by atoms with van der Waals surface area (Å²) in [6.45, 7) is -0.725. The van der Waals surface area contributed by atoms with Crippen molar-refractivity contribution in [3.05, 3.63) is 59.1 Å². The summed E-state index contributed by atoms with van der Waals surface area (Å²) in [6.07, 6.45) is -1.11. The second kappa shape index (κ2) is 9.83. The summed E-state index contributed by atoms with van der Waals surface area (Å²) < 4.78 is 16.8. The van der Waals surface area contributed by atoms with E-state index in [1.54, 1.807) is 55.6 Å². The Morgan fingerprint density at radius 1 is 1.20 bits per heavy atom. The molecule has 1 unspecified atom stereocenters. The zero-order valence-corrected chi connectivity index (χ0v) is 14.3. The minimum Gasteiger partial charge on any atom is -0.463 e. The molecule has 0 bridgehead atoms. The number of aliphatic hydroxyl groups excluding tert-OH is 1. The number of hydrogen-bond donors (Lipinski definition) is 3. The highest BCUT2D eigenvalue weighted by atomic mass is 35.5. The molecule has 25 heavy (non-hydrogen) atoms. The highest BCUT2D eigenvalue weighted by molar-refractivity contribution is 6.30. The van der Waals surface area contributed by atoms with Crippen LogP contribution in [0, 0.1) is 0 Å². The first-order valence-electron chi connectivity index (χ1n) is 7.47. The van der Waals surface area contributed by atoms with Crippen LogP contribution in [0.25, 0.3) is 0 Å². The number of benzene rings is 2. The lowest BCUT2D eigenvalue weighted by molar-refractivity contribution is -0.116. The van der Waals surface area contributed by atoms with Gasteiger partial charge in [-0.05, 0) is 48.5 Å². The first kappa shape index (κ1) is 19.0. The van der Waals surface area contributed by atoms with Gasteiger partial charge in [-0.1, -0.05) is 11.6 Å². The van der Waals surface area contributed by atoms with Crippen LogP contribution in [0.4, 0.5) is 10.1 Å². The first-order chi connectivity index (χ1) is 12.1. The van der Waals surface area contributed by atoms with E-state index < -0.39 is 13.2 Å². The number of nitrogens with zero attached hydrogens (tertiary/aromatic N) is 1. The fourth-order valence-electron chi connectivity index (χ4n) is 1.94. The second-order valence-corrected chi connectivity index (χ2v) is 5.35. The van der Waals surface area contributed by atoms with Crippen LogP contribution in [-0.2, 0) is 4.84 Å². The SMILES string of the molecule is CN=C(NOC(O)CNc1ccc(Cl)cc1)c1ccc(OCF)cc1. The average Bonchev–Trinajstić information content (AvgIpc) is 2.63. The first-order valence-corrected chi connectivity index (χ1v) is 7.85. The van der Waals surface area contributed by atoms with Gasteiger partial charge in [-0.25, -0.2) is 14.7 Å². The van der Waals surface area contributed by atoms with E-state index >= 15 is 0 Å². The fraction of sp³-hybridized carbons (Fsp3) is 0.235. The Kier molecular flexibility index (Phi) is 7.46. The molecule has 3 N–H and O–H groups in total. The summed E-state index contributed by atoms with van der Waals surface area (Å²) in [5.74, 6) is 0.826. The highest BCUT2D eigenvalue weighted by Gasteiger charge is 2.08. The molecule has 2 aromatic rings. The van der Waals surface area contributed by atoms with Gasteiger partial charge in [0.1, 0.15) is 5.75 Å². The lowest BCUT2D eigenvalue weighted by Gasteiger charge is -2.16. The van der Waals surface area contributed by atoms with E-state index in [-0.39, 0.29) is 6.54 Å². The number of halogens is 2. The monoisotopic (exact) mass is 367 g/mol.